The average Bonchev–Trinajstić information content (AvgIpc) is 1.98. The molecule has 0 aromatic carbocycles. The maximum atomic E-state index is 10.7. The van der Waals surface area contributed by atoms with Crippen LogP contribution in [0.25, 0.3) is 0 Å². The van der Waals surface area contributed by atoms with E-state index in [0.29, 0.717) is 5.92 Å². The summed E-state index contributed by atoms with van der Waals surface area (Å²) in [5.74, 6) is 0.178. The number of rotatable bonds is 4. The molecule has 0 rings (SSSR count). The molecule has 72 valence electrons. The maximum absolute atomic E-state index is 10.7. The molecule has 0 aliphatic heterocycles. The number of quaternary nitrogens is 1. The predicted molar refractivity (Wildman–Crippen MR) is 47.4 cm³/mol. The lowest BCUT2D eigenvalue weighted by Crippen LogP contribution is -2.66. The third kappa shape index (κ3) is 3.72. The van der Waals surface area contributed by atoms with Crippen molar-refractivity contribution in [2.24, 2.45) is 5.92 Å². The van der Waals surface area contributed by atoms with E-state index in [2.05, 4.69) is 19.6 Å². The summed E-state index contributed by atoms with van der Waals surface area (Å²) >= 11 is 0. The second kappa shape index (κ2) is 5.14. The Labute approximate surface area is 74.3 Å². The molecule has 0 radical (unpaired) electrons. The van der Waals surface area contributed by atoms with Crippen LogP contribution in [0.1, 0.15) is 34.1 Å². The third-order valence-corrected chi connectivity index (χ3v) is 2.07. The van der Waals surface area contributed by atoms with E-state index in [1.54, 1.807) is 0 Å². The van der Waals surface area contributed by atoms with Gasteiger partial charge in [0, 0.05) is 6.92 Å². The lowest BCUT2D eigenvalue weighted by Gasteiger charge is -2.23. The van der Waals surface area contributed by atoms with E-state index in [4.69, 9.17) is 4.74 Å². The Bertz CT molecular complexity index is 145. The van der Waals surface area contributed by atoms with Gasteiger partial charge in [0.05, 0.1) is 0 Å². The Morgan fingerprint density at radius 1 is 1.50 bits per heavy atom. The Balaban J connectivity index is 4.12. The second-order valence-corrected chi connectivity index (χ2v) is 3.44. The minimum atomic E-state index is -0.212. The van der Waals surface area contributed by atoms with Gasteiger partial charge in [-0.05, 0) is 19.3 Å². The summed E-state index contributed by atoms with van der Waals surface area (Å²) in [6.45, 7) is 7.58. The summed E-state index contributed by atoms with van der Waals surface area (Å²) in [6.07, 6.45) is 0.977. The first-order valence-electron chi connectivity index (χ1n) is 4.49. The molecule has 0 aliphatic carbocycles. The molecule has 3 atom stereocenters. The van der Waals surface area contributed by atoms with Crippen LogP contribution in [-0.4, -0.2) is 18.1 Å². The van der Waals surface area contributed by atoms with Crippen LogP contribution in [-0.2, 0) is 9.53 Å². The van der Waals surface area contributed by atoms with Crippen molar-refractivity contribution in [1.29, 1.82) is 0 Å². The number of carbonyl (C=O) groups is 1. The van der Waals surface area contributed by atoms with Gasteiger partial charge in [-0.3, -0.25) is 4.79 Å². The fourth-order valence-electron chi connectivity index (χ4n) is 1.22. The van der Waals surface area contributed by atoms with Crippen molar-refractivity contribution >= 4 is 5.97 Å². The van der Waals surface area contributed by atoms with Gasteiger partial charge in [-0.15, -0.1) is 0 Å². The number of carbonyl (C=O) groups excluding carboxylic acids is 1. The molecule has 0 saturated carbocycles. The van der Waals surface area contributed by atoms with Crippen molar-refractivity contribution in [2.75, 3.05) is 0 Å². The fraction of sp³-hybridized carbons (Fsp3) is 0.889. The lowest BCUT2D eigenvalue weighted by molar-refractivity contribution is -0.434. The first-order valence-corrected chi connectivity index (χ1v) is 4.49. The minimum Gasteiger partial charge on any atom is -0.456 e. The quantitative estimate of drug-likeness (QED) is 0.634. The SMILES string of the molecule is CCC(C)C(OC(C)=O)C(C)[NH3+]. The normalized spacial score (nSPS) is 18.1. The van der Waals surface area contributed by atoms with Crippen LogP contribution in [0, 0.1) is 5.92 Å². The van der Waals surface area contributed by atoms with Crippen molar-refractivity contribution < 1.29 is 15.3 Å². The van der Waals surface area contributed by atoms with E-state index in [-0.39, 0.29) is 18.1 Å². The van der Waals surface area contributed by atoms with Crippen molar-refractivity contribution in [3.63, 3.8) is 0 Å². The van der Waals surface area contributed by atoms with Gasteiger partial charge in [-0.25, -0.2) is 0 Å². The highest BCUT2D eigenvalue weighted by molar-refractivity contribution is 5.66. The van der Waals surface area contributed by atoms with E-state index in [9.17, 15) is 4.79 Å². The van der Waals surface area contributed by atoms with Gasteiger partial charge in [-0.2, -0.15) is 0 Å². The molecule has 0 saturated heterocycles. The molecule has 0 aromatic rings. The van der Waals surface area contributed by atoms with E-state index in [1.165, 1.54) is 6.92 Å². The van der Waals surface area contributed by atoms with Gasteiger partial charge in [0.1, 0.15) is 6.04 Å². The summed E-state index contributed by atoms with van der Waals surface area (Å²) in [5.41, 5.74) is 3.88. The molecule has 0 bridgehead atoms. The third-order valence-electron chi connectivity index (χ3n) is 2.07. The predicted octanol–water partition coefficient (Wildman–Crippen LogP) is 0.595. The van der Waals surface area contributed by atoms with E-state index < -0.39 is 0 Å². The molecule has 0 heterocycles. The Morgan fingerprint density at radius 3 is 2.25 bits per heavy atom. The minimum absolute atomic E-state index is 0.0347. The monoisotopic (exact) mass is 174 g/mol. The van der Waals surface area contributed by atoms with E-state index in [0.717, 1.165) is 6.42 Å². The molecule has 0 fully saturated rings. The number of esters is 1. The number of ether oxygens (including phenoxy) is 1. The van der Waals surface area contributed by atoms with Crippen LogP contribution >= 0.6 is 0 Å². The van der Waals surface area contributed by atoms with Gasteiger partial charge in [-0.1, -0.05) is 13.8 Å². The zero-order valence-corrected chi connectivity index (χ0v) is 8.46. The Hall–Kier alpha value is -0.570. The van der Waals surface area contributed by atoms with Crippen molar-refractivity contribution in [1.82, 2.24) is 0 Å². The number of hydrogen-bond acceptors (Lipinski definition) is 2. The fourth-order valence-corrected chi connectivity index (χ4v) is 1.22. The lowest BCUT2D eigenvalue weighted by atomic mass is 9.97. The molecule has 3 nitrogen and oxygen atoms in total. The van der Waals surface area contributed by atoms with Gasteiger partial charge in [0.2, 0.25) is 0 Å². The molecule has 0 aliphatic rings. The standard InChI is InChI=1S/C9H19NO2/c1-5-6(2)9(7(3)10)12-8(4)11/h6-7,9H,5,10H2,1-4H3/p+1. The van der Waals surface area contributed by atoms with Crippen molar-refractivity contribution in [2.45, 2.75) is 46.3 Å². The van der Waals surface area contributed by atoms with Crippen LogP contribution < -0.4 is 5.73 Å². The molecule has 3 N–H and O–H groups in total. The van der Waals surface area contributed by atoms with Gasteiger partial charge < -0.3 is 10.5 Å². The smallest absolute Gasteiger partial charge is 0.303 e. The van der Waals surface area contributed by atoms with E-state index >= 15 is 0 Å². The van der Waals surface area contributed by atoms with Crippen LogP contribution in [0.5, 0.6) is 0 Å². The molecule has 0 amide bonds. The first kappa shape index (κ1) is 11.4. The largest absolute Gasteiger partial charge is 0.456 e. The van der Waals surface area contributed by atoms with E-state index in [1.807, 2.05) is 6.92 Å². The number of hydrogen-bond donors (Lipinski definition) is 1. The van der Waals surface area contributed by atoms with Gasteiger partial charge in [0.25, 0.3) is 0 Å². The Kier molecular flexibility index (Phi) is 4.90. The second-order valence-electron chi connectivity index (χ2n) is 3.44. The molecule has 3 unspecified atom stereocenters. The van der Waals surface area contributed by atoms with Crippen LogP contribution in [0.4, 0.5) is 0 Å². The molecule has 0 spiro atoms. The summed E-state index contributed by atoms with van der Waals surface area (Å²) in [6, 6.07) is 0.156. The average molecular weight is 174 g/mol. The summed E-state index contributed by atoms with van der Waals surface area (Å²) in [4.78, 5) is 10.7. The Morgan fingerprint density at radius 2 is 2.00 bits per heavy atom. The van der Waals surface area contributed by atoms with Gasteiger partial charge >= 0.3 is 5.97 Å². The highest BCUT2D eigenvalue weighted by atomic mass is 16.5. The zero-order valence-electron chi connectivity index (χ0n) is 8.46. The highest BCUT2D eigenvalue weighted by Crippen LogP contribution is 2.13. The molecular weight excluding hydrogens is 154 g/mol. The maximum Gasteiger partial charge on any atom is 0.303 e. The van der Waals surface area contributed by atoms with Crippen LogP contribution in [0.15, 0.2) is 0 Å². The topological polar surface area (TPSA) is 53.9 Å². The van der Waals surface area contributed by atoms with Crippen molar-refractivity contribution in [3.8, 4) is 0 Å². The molecule has 3 heteroatoms. The van der Waals surface area contributed by atoms with Crippen molar-refractivity contribution in [3.05, 3.63) is 0 Å². The first-order chi connectivity index (χ1) is 5.49. The van der Waals surface area contributed by atoms with Crippen LogP contribution in [0.3, 0.4) is 0 Å². The molecule has 12 heavy (non-hydrogen) atoms. The summed E-state index contributed by atoms with van der Waals surface area (Å²) < 4.78 is 5.16. The highest BCUT2D eigenvalue weighted by Gasteiger charge is 2.25. The van der Waals surface area contributed by atoms with Crippen LogP contribution in [0.2, 0.25) is 0 Å². The molecular formula is C9H20NO2+. The molecule has 0 aromatic heterocycles. The zero-order chi connectivity index (χ0) is 9.72. The summed E-state index contributed by atoms with van der Waals surface area (Å²) in [5, 5.41) is 0. The summed E-state index contributed by atoms with van der Waals surface area (Å²) in [7, 11) is 0. The van der Waals surface area contributed by atoms with Gasteiger partial charge in [0.15, 0.2) is 6.10 Å².